The van der Waals surface area contributed by atoms with Crippen molar-refractivity contribution in [2.75, 3.05) is 25.5 Å². The molecule has 1 aromatic carbocycles. The second kappa shape index (κ2) is 11.0. The Morgan fingerprint density at radius 1 is 1.32 bits per heavy atom. The average molecular weight is 351 g/mol. The SMILES string of the molecule is COc1ccc(C)cc1.Cc1nc(NC(=O)O)n[nH]1.OC1CCNC1. The quantitative estimate of drug-likeness (QED) is 0.554. The monoisotopic (exact) mass is 351 g/mol. The van der Waals surface area contributed by atoms with E-state index in [1.165, 1.54) is 5.56 Å². The number of nitrogens with one attached hydrogen (secondary N) is 3. The Labute approximate surface area is 146 Å². The molecule has 0 bridgehead atoms. The van der Waals surface area contributed by atoms with E-state index in [9.17, 15) is 4.79 Å². The van der Waals surface area contributed by atoms with Crippen molar-refractivity contribution in [3.8, 4) is 5.75 Å². The Morgan fingerprint density at radius 2 is 2.00 bits per heavy atom. The number of amides is 1. The molecule has 1 saturated heterocycles. The lowest BCUT2D eigenvalue weighted by molar-refractivity contribution is 0.196. The van der Waals surface area contributed by atoms with E-state index in [2.05, 4.69) is 27.4 Å². The van der Waals surface area contributed by atoms with Crippen LogP contribution in [0.5, 0.6) is 5.75 Å². The van der Waals surface area contributed by atoms with Gasteiger partial charge in [-0.15, -0.1) is 5.10 Å². The van der Waals surface area contributed by atoms with E-state index in [4.69, 9.17) is 14.9 Å². The molecule has 25 heavy (non-hydrogen) atoms. The number of hydrogen-bond acceptors (Lipinski definition) is 6. The molecule has 138 valence electrons. The summed E-state index contributed by atoms with van der Waals surface area (Å²) < 4.78 is 4.97. The number of aromatic amines is 1. The summed E-state index contributed by atoms with van der Waals surface area (Å²) >= 11 is 0. The summed E-state index contributed by atoms with van der Waals surface area (Å²) in [6.45, 7) is 5.51. The summed E-state index contributed by atoms with van der Waals surface area (Å²) in [6.07, 6.45) is -0.302. The lowest BCUT2D eigenvalue weighted by Crippen LogP contribution is -2.11. The van der Waals surface area contributed by atoms with E-state index < -0.39 is 6.09 Å². The van der Waals surface area contributed by atoms with Gasteiger partial charge in [-0.25, -0.2) is 4.79 Å². The molecule has 1 atom stereocenters. The maximum Gasteiger partial charge on any atom is 0.411 e. The van der Waals surface area contributed by atoms with Crippen molar-refractivity contribution >= 4 is 12.0 Å². The first-order valence-electron chi connectivity index (χ1n) is 7.79. The van der Waals surface area contributed by atoms with Crippen LogP contribution in [0.1, 0.15) is 17.8 Å². The standard InChI is InChI=1S/C8H10O.C4H6N4O2.C4H9NO/c1-7-3-5-8(9-2)6-4-7;1-2-5-3(8-7-2)6-4(9)10;6-4-1-2-5-3-4/h3-6H,1-2H3;1H3,(H,9,10)(H2,5,6,7,8);4-6H,1-3H2. The van der Waals surface area contributed by atoms with E-state index in [1.807, 2.05) is 29.6 Å². The number of rotatable bonds is 2. The van der Waals surface area contributed by atoms with Gasteiger partial charge in [0, 0.05) is 6.54 Å². The number of aryl methyl sites for hydroxylation is 2. The normalized spacial score (nSPS) is 15.3. The number of methoxy groups -OCH3 is 1. The zero-order valence-electron chi connectivity index (χ0n) is 14.6. The Bertz CT molecular complexity index is 624. The maximum atomic E-state index is 9.97. The van der Waals surface area contributed by atoms with Crippen LogP contribution in [0, 0.1) is 13.8 Å². The van der Waals surface area contributed by atoms with Crippen molar-refractivity contribution in [3.05, 3.63) is 35.7 Å². The van der Waals surface area contributed by atoms with Crippen molar-refractivity contribution in [3.63, 3.8) is 0 Å². The van der Waals surface area contributed by atoms with Crippen molar-refractivity contribution in [1.82, 2.24) is 20.5 Å². The molecule has 1 amide bonds. The molecule has 0 saturated carbocycles. The predicted octanol–water partition coefficient (Wildman–Crippen LogP) is 1.55. The molecule has 0 radical (unpaired) electrons. The molecule has 2 heterocycles. The number of benzene rings is 1. The first kappa shape index (κ1) is 20.4. The molecule has 1 aliphatic heterocycles. The second-order valence-corrected chi connectivity index (χ2v) is 5.34. The van der Waals surface area contributed by atoms with Crippen molar-refractivity contribution in [1.29, 1.82) is 0 Å². The molecule has 1 aliphatic rings. The van der Waals surface area contributed by atoms with E-state index in [0.717, 1.165) is 25.3 Å². The third-order valence-electron chi connectivity index (χ3n) is 3.11. The van der Waals surface area contributed by atoms with Crippen LogP contribution in [0.15, 0.2) is 24.3 Å². The lowest BCUT2D eigenvalue weighted by Gasteiger charge is -1.97. The summed E-state index contributed by atoms with van der Waals surface area (Å²) in [7, 11) is 1.67. The lowest BCUT2D eigenvalue weighted by atomic mass is 10.2. The largest absolute Gasteiger partial charge is 0.497 e. The zero-order valence-corrected chi connectivity index (χ0v) is 14.6. The van der Waals surface area contributed by atoms with Gasteiger partial charge in [-0.3, -0.25) is 10.4 Å². The number of hydrogen-bond donors (Lipinski definition) is 5. The number of aliphatic hydroxyl groups excluding tert-OH is 1. The van der Waals surface area contributed by atoms with Crippen molar-refractivity contribution < 1.29 is 19.7 Å². The zero-order chi connectivity index (χ0) is 18.7. The fraction of sp³-hybridized carbons (Fsp3) is 0.438. The van der Waals surface area contributed by atoms with Crippen LogP contribution in [-0.2, 0) is 0 Å². The molecule has 1 unspecified atom stereocenters. The minimum Gasteiger partial charge on any atom is -0.497 e. The van der Waals surface area contributed by atoms with Gasteiger partial charge in [0.1, 0.15) is 11.6 Å². The maximum absolute atomic E-state index is 9.97. The Hall–Kier alpha value is -2.65. The smallest absolute Gasteiger partial charge is 0.411 e. The summed E-state index contributed by atoms with van der Waals surface area (Å²) in [5, 5.41) is 27.9. The topological polar surface area (TPSA) is 132 Å². The van der Waals surface area contributed by atoms with Crippen LogP contribution < -0.4 is 15.4 Å². The van der Waals surface area contributed by atoms with Crippen LogP contribution in [0.25, 0.3) is 0 Å². The Kier molecular flexibility index (Phi) is 8.97. The molecule has 9 nitrogen and oxygen atoms in total. The summed E-state index contributed by atoms with van der Waals surface area (Å²) in [6, 6.07) is 7.96. The minimum atomic E-state index is -1.17. The highest BCUT2D eigenvalue weighted by Gasteiger charge is 2.08. The van der Waals surface area contributed by atoms with Crippen LogP contribution in [-0.4, -0.2) is 57.8 Å². The van der Waals surface area contributed by atoms with Crippen LogP contribution in [0.2, 0.25) is 0 Å². The Morgan fingerprint density at radius 3 is 2.36 bits per heavy atom. The van der Waals surface area contributed by atoms with Gasteiger partial charge in [-0.2, -0.15) is 4.98 Å². The van der Waals surface area contributed by atoms with Crippen LogP contribution >= 0.6 is 0 Å². The van der Waals surface area contributed by atoms with Gasteiger partial charge in [0.2, 0.25) is 0 Å². The molecule has 1 fully saturated rings. The highest BCUT2D eigenvalue weighted by atomic mass is 16.5. The third kappa shape index (κ3) is 9.28. The van der Waals surface area contributed by atoms with Gasteiger partial charge in [-0.05, 0) is 38.9 Å². The molecule has 1 aromatic heterocycles. The molecule has 0 spiro atoms. The number of carboxylic acid groups (broad SMARTS) is 1. The molecule has 3 rings (SSSR count). The van der Waals surface area contributed by atoms with E-state index in [1.54, 1.807) is 14.0 Å². The van der Waals surface area contributed by atoms with Crippen molar-refractivity contribution in [2.45, 2.75) is 26.4 Å². The first-order chi connectivity index (χ1) is 11.9. The van der Waals surface area contributed by atoms with Gasteiger partial charge in [0.15, 0.2) is 0 Å². The highest BCUT2D eigenvalue weighted by molar-refractivity contribution is 5.80. The first-order valence-corrected chi connectivity index (χ1v) is 7.79. The minimum absolute atomic E-state index is 0.0648. The van der Waals surface area contributed by atoms with E-state index in [-0.39, 0.29) is 12.1 Å². The number of ether oxygens (including phenoxy) is 1. The summed E-state index contributed by atoms with van der Waals surface area (Å²) in [5.74, 6) is 1.56. The number of aromatic nitrogens is 3. The van der Waals surface area contributed by atoms with Gasteiger partial charge in [-0.1, -0.05) is 17.7 Å². The summed E-state index contributed by atoms with van der Waals surface area (Å²) in [5.41, 5.74) is 1.26. The number of β-amino-alcohol motifs (C(OH)–C–C–N with tert-alkyl or cyclic N) is 1. The molecule has 5 N–H and O–H groups in total. The number of anilines is 1. The number of carbonyl (C=O) groups is 1. The average Bonchev–Trinajstić information content (AvgIpc) is 3.20. The molecular weight excluding hydrogens is 326 g/mol. The molecule has 2 aromatic rings. The number of aliphatic hydroxyl groups is 1. The predicted molar refractivity (Wildman–Crippen MR) is 94.0 cm³/mol. The van der Waals surface area contributed by atoms with Gasteiger partial charge in [0.25, 0.3) is 5.95 Å². The van der Waals surface area contributed by atoms with Gasteiger partial charge in [0.05, 0.1) is 13.2 Å². The fourth-order valence-corrected chi connectivity index (χ4v) is 1.81. The Balaban J connectivity index is 0.000000193. The second-order valence-electron chi connectivity index (χ2n) is 5.34. The highest BCUT2D eigenvalue weighted by Crippen LogP contribution is 2.09. The molecule has 0 aliphatic carbocycles. The van der Waals surface area contributed by atoms with E-state index in [0.29, 0.717) is 5.82 Å². The molecular formula is C16H25N5O4. The number of H-pyrrole nitrogens is 1. The summed E-state index contributed by atoms with van der Waals surface area (Å²) in [4.78, 5) is 13.7. The van der Waals surface area contributed by atoms with Crippen LogP contribution in [0.3, 0.4) is 0 Å². The van der Waals surface area contributed by atoms with Crippen molar-refractivity contribution in [2.24, 2.45) is 0 Å². The molecule has 9 heteroatoms. The third-order valence-corrected chi connectivity index (χ3v) is 3.11. The number of nitrogens with zero attached hydrogens (tertiary/aromatic N) is 2. The fourth-order valence-electron chi connectivity index (χ4n) is 1.81. The van der Waals surface area contributed by atoms with E-state index >= 15 is 0 Å². The van der Waals surface area contributed by atoms with Gasteiger partial charge >= 0.3 is 6.09 Å². The van der Waals surface area contributed by atoms with Gasteiger partial charge < -0.3 is 20.3 Å². The van der Waals surface area contributed by atoms with Crippen LogP contribution in [0.4, 0.5) is 10.7 Å².